The van der Waals surface area contributed by atoms with E-state index in [1.807, 2.05) is 6.20 Å². The largest absolute Gasteiger partial charge is 0.361 e. The van der Waals surface area contributed by atoms with Crippen LogP contribution in [0.2, 0.25) is 0 Å². The number of nitrogens with zero attached hydrogens (tertiary/aromatic N) is 3. The Bertz CT molecular complexity index is 640. The summed E-state index contributed by atoms with van der Waals surface area (Å²) in [4.78, 5) is 10.4. The summed E-state index contributed by atoms with van der Waals surface area (Å²) in [5, 5.41) is 11.8. The Morgan fingerprint density at radius 1 is 1.17 bits per heavy atom. The molecule has 0 aliphatic heterocycles. The van der Waals surface area contributed by atoms with Crippen molar-refractivity contribution in [3.05, 3.63) is 33.1 Å². The van der Waals surface area contributed by atoms with Gasteiger partial charge in [0, 0.05) is 29.6 Å². The predicted molar refractivity (Wildman–Crippen MR) is 98.4 cm³/mol. The zero-order valence-electron chi connectivity index (χ0n) is 15.0. The van der Waals surface area contributed by atoms with Crippen LogP contribution in [0.1, 0.15) is 54.6 Å². The van der Waals surface area contributed by atoms with Crippen LogP contribution >= 0.6 is 11.3 Å². The van der Waals surface area contributed by atoms with Crippen LogP contribution in [0.4, 0.5) is 0 Å². The Hall–Kier alpha value is -1.89. The lowest BCUT2D eigenvalue weighted by atomic mass is 10.1. The van der Waals surface area contributed by atoms with Gasteiger partial charge in [0.2, 0.25) is 0 Å². The number of thiazole rings is 1. The van der Waals surface area contributed by atoms with Crippen molar-refractivity contribution in [1.82, 2.24) is 20.8 Å². The number of nitrogens with one attached hydrogen (secondary N) is 2. The minimum absolute atomic E-state index is 0.573. The molecule has 0 unspecified atom stereocenters. The van der Waals surface area contributed by atoms with Gasteiger partial charge in [-0.25, -0.2) is 9.98 Å². The first-order valence-corrected chi connectivity index (χ1v) is 9.45. The first-order chi connectivity index (χ1) is 11.7. The van der Waals surface area contributed by atoms with Crippen LogP contribution in [0, 0.1) is 0 Å². The molecule has 0 aliphatic carbocycles. The Labute approximate surface area is 147 Å². The van der Waals surface area contributed by atoms with E-state index in [2.05, 4.69) is 53.5 Å². The van der Waals surface area contributed by atoms with Crippen molar-refractivity contribution in [3.63, 3.8) is 0 Å². The zero-order valence-corrected chi connectivity index (χ0v) is 15.8. The summed E-state index contributed by atoms with van der Waals surface area (Å²) < 4.78 is 5.40. The second-order valence-corrected chi connectivity index (χ2v) is 6.56. The molecule has 24 heavy (non-hydrogen) atoms. The van der Waals surface area contributed by atoms with Crippen LogP contribution in [0.15, 0.2) is 15.7 Å². The highest BCUT2D eigenvalue weighted by atomic mass is 32.1. The molecular weight excluding hydrogens is 322 g/mol. The Kier molecular flexibility index (Phi) is 7.24. The van der Waals surface area contributed by atoms with Gasteiger partial charge in [-0.2, -0.15) is 0 Å². The number of aliphatic imine (C=N–C) groups is 1. The van der Waals surface area contributed by atoms with Gasteiger partial charge >= 0.3 is 0 Å². The lowest BCUT2D eigenvalue weighted by Crippen LogP contribution is -2.36. The molecule has 7 heteroatoms. The molecule has 2 N–H and O–H groups in total. The Morgan fingerprint density at radius 2 is 2.00 bits per heavy atom. The second kappa shape index (κ2) is 9.42. The van der Waals surface area contributed by atoms with Crippen LogP contribution in [-0.4, -0.2) is 22.6 Å². The first-order valence-electron chi connectivity index (χ1n) is 8.63. The molecule has 2 heterocycles. The molecule has 0 saturated heterocycles. The number of aromatic nitrogens is 2. The predicted octanol–water partition coefficient (Wildman–Crippen LogP) is 3.07. The van der Waals surface area contributed by atoms with Gasteiger partial charge in [-0.3, -0.25) is 0 Å². The van der Waals surface area contributed by atoms with Crippen LogP contribution in [0.5, 0.6) is 0 Å². The third-order valence-electron chi connectivity index (χ3n) is 3.70. The number of guanidine groups is 1. The van der Waals surface area contributed by atoms with Gasteiger partial charge in [0.15, 0.2) is 5.96 Å². The number of aryl methyl sites for hydroxylation is 3. The lowest BCUT2D eigenvalue weighted by Gasteiger charge is -2.10. The minimum Gasteiger partial charge on any atom is -0.361 e. The maximum Gasteiger partial charge on any atom is 0.191 e. The van der Waals surface area contributed by atoms with Crippen LogP contribution in [0.25, 0.3) is 0 Å². The topological polar surface area (TPSA) is 75.3 Å². The molecule has 132 valence electrons. The molecule has 0 aromatic carbocycles. The highest BCUT2D eigenvalue weighted by molar-refractivity contribution is 7.11. The van der Waals surface area contributed by atoms with Crippen molar-refractivity contribution < 1.29 is 4.52 Å². The fourth-order valence-corrected chi connectivity index (χ4v) is 3.17. The van der Waals surface area contributed by atoms with E-state index in [0.717, 1.165) is 53.8 Å². The highest BCUT2D eigenvalue weighted by Gasteiger charge is 2.13. The highest BCUT2D eigenvalue weighted by Crippen LogP contribution is 2.17. The summed E-state index contributed by atoms with van der Waals surface area (Å²) in [5.41, 5.74) is 2.11. The molecule has 2 rings (SSSR count). The van der Waals surface area contributed by atoms with E-state index in [1.165, 1.54) is 4.88 Å². The third-order valence-corrected chi connectivity index (χ3v) is 4.85. The Morgan fingerprint density at radius 3 is 2.62 bits per heavy atom. The van der Waals surface area contributed by atoms with Gasteiger partial charge in [-0.05, 0) is 19.8 Å². The van der Waals surface area contributed by atoms with Gasteiger partial charge in [0.1, 0.15) is 10.8 Å². The summed E-state index contributed by atoms with van der Waals surface area (Å²) in [6.07, 6.45) is 4.67. The first kappa shape index (κ1) is 18.4. The number of rotatable bonds is 8. The quantitative estimate of drug-likeness (QED) is 0.566. The molecule has 0 aliphatic rings. The summed E-state index contributed by atoms with van der Waals surface area (Å²) in [6, 6.07) is 0. The smallest absolute Gasteiger partial charge is 0.191 e. The number of hydrogen-bond acceptors (Lipinski definition) is 5. The molecule has 2 aromatic rings. The molecule has 2 aromatic heterocycles. The van der Waals surface area contributed by atoms with Gasteiger partial charge < -0.3 is 15.2 Å². The van der Waals surface area contributed by atoms with Crippen LogP contribution in [0.3, 0.4) is 0 Å². The standard InChI is InChI=1S/C17H27N5OS/c1-5-12-9-19-16(24-12)11-21-17(18-8-4)20-10-13-14(6-2)22-23-15(13)7-3/h9H,5-8,10-11H2,1-4H3,(H2,18,20,21). The number of hydrogen-bond donors (Lipinski definition) is 2. The van der Waals surface area contributed by atoms with Crippen LogP contribution in [-0.2, 0) is 32.4 Å². The lowest BCUT2D eigenvalue weighted by molar-refractivity contribution is 0.380. The average Bonchev–Trinajstić information content (AvgIpc) is 3.23. The van der Waals surface area contributed by atoms with Crippen molar-refractivity contribution >= 4 is 17.3 Å². The minimum atomic E-state index is 0.573. The summed E-state index contributed by atoms with van der Waals surface area (Å²) in [7, 11) is 0. The molecule has 0 saturated carbocycles. The van der Waals surface area contributed by atoms with Crippen molar-refractivity contribution in [2.75, 3.05) is 6.54 Å². The van der Waals surface area contributed by atoms with Gasteiger partial charge in [-0.1, -0.05) is 25.9 Å². The molecule has 0 bridgehead atoms. The molecular formula is C17H27N5OS. The molecule has 0 atom stereocenters. The third kappa shape index (κ3) is 4.80. The molecule has 0 spiro atoms. The van der Waals surface area contributed by atoms with E-state index >= 15 is 0 Å². The van der Waals surface area contributed by atoms with Crippen LogP contribution < -0.4 is 10.6 Å². The summed E-state index contributed by atoms with van der Waals surface area (Å²) >= 11 is 1.74. The average molecular weight is 350 g/mol. The summed E-state index contributed by atoms with van der Waals surface area (Å²) in [6.45, 7) is 10.4. The normalized spacial score (nSPS) is 11.8. The zero-order chi connectivity index (χ0) is 17.4. The second-order valence-electron chi connectivity index (χ2n) is 5.36. The fourth-order valence-electron chi connectivity index (χ4n) is 2.37. The molecule has 0 radical (unpaired) electrons. The molecule has 6 nitrogen and oxygen atoms in total. The maximum atomic E-state index is 5.40. The van der Waals surface area contributed by atoms with Crippen molar-refractivity contribution in [3.8, 4) is 0 Å². The van der Waals surface area contributed by atoms with E-state index in [9.17, 15) is 0 Å². The van der Waals surface area contributed by atoms with Gasteiger partial charge in [-0.15, -0.1) is 11.3 Å². The monoisotopic (exact) mass is 349 g/mol. The van der Waals surface area contributed by atoms with E-state index in [-0.39, 0.29) is 0 Å². The fraction of sp³-hybridized carbons (Fsp3) is 0.588. The Balaban J connectivity index is 2.03. The van der Waals surface area contributed by atoms with E-state index in [1.54, 1.807) is 11.3 Å². The van der Waals surface area contributed by atoms with Gasteiger partial charge in [0.05, 0.1) is 18.8 Å². The van der Waals surface area contributed by atoms with E-state index < -0.39 is 0 Å². The van der Waals surface area contributed by atoms with E-state index in [4.69, 9.17) is 4.52 Å². The molecule has 0 fully saturated rings. The van der Waals surface area contributed by atoms with Crippen molar-refractivity contribution in [2.24, 2.45) is 4.99 Å². The van der Waals surface area contributed by atoms with Crippen molar-refractivity contribution in [1.29, 1.82) is 0 Å². The summed E-state index contributed by atoms with van der Waals surface area (Å²) in [5.74, 6) is 1.72. The SMILES string of the molecule is CCNC(=NCc1c(CC)noc1CC)NCc1ncc(CC)s1. The molecule has 0 amide bonds. The van der Waals surface area contributed by atoms with E-state index in [0.29, 0.717) is 13.1 Å². The van der Waals surface area contributed by atoms with Crippen molar-refractivity contribution in [2.45, 2.75) is 60.0 Å². The van der Waals surface area contributed by atoms with Gasteiger partial charge in [0.25, 0.3) is 0 Å². The maximum absolute atomic E-state index is 5.40.